The number of rotatable bonds is 10. The first-order chi connectivity index (χ1) is 17.0. The zero-order valence-electron chi connectivity index (χ0n) is 20.8. The molecule has 198 valence electrons. The third kappa shape index (κ3) is 9.76. The van der Waals surface area contributed by atoms with Crippen molar-refractivity contribution in [3.05, 3.63) is 46.0 Å². The lowest BCUT2D eigenvalue weighted by Gasteiger charge is -2.29. The molecule has 0 saturated carbocycles. The molecular weight excluding hydrogens is 472 g/mol. The van der Waals surface area contributed by atoms with Gasteiger partial charge >= 0.3 is 12.1 Å². The van der Waals surface area contributed by atoms with Gasteiger partial charge in [-0.2, -0.15) is 0 Å². The second-order valence-corrected chi connectivity index (χ2v) is 9.26. The van der Waals surface area contributed by atoms with Crippen LogP contribution < -0.4 is 16.5 Å². The van der Waals surface area contributed by atoms with Crippen molar-refractivity contribution in [3.8, 4) is 0 Å². The Morgan fingerprint density at radius 1 is 1.28 bits per heavy atom. The predicted molar refractivity (Wildman–Crippen MR) is 130 cm³/mol. The van der Waals surface area contributed by atoms with Gasteiger partial charge in [0.25, 0.3) is 5.96 Å². The van der Waals surface area contributed by atoms with Crippen LogP contribution in [0.25, 0.3) is 0 Å². The van der Waals surface area contributed by atoms with Crippen molar-refractivity contribution in [2.75, 3.05) is 13.1 Å². The Hall–Kier alpha value is -3.90. The molecule has 2 amide bonds. The zero-order valence-corrected chi connectivity index (χ0v) is 20.8. The minimum atomic E-state index is -0.998. The van der Waals surface area contributed by atoms with Crippen LogP contribution >= 0.6 is 0 Å². The number of alkyl carbamates (subject to hydrolysis) is 1. The van der Waals surface area contributed by atoms with Crippen molar-refractivity contribution in [2.45, 2.75) is 70.7 Å². The number of esters is 1. The summed E-state index contributed by atoms with van der Waals surface area (Å²) in [6, 6.07) is 7.45. The number of hydrogen-bond acceptors (Lipinski definition) is 8. The normalized spacial score (nSPS) is 16.7. The largest absolute Gasteiger partial charge is 0.459 e. The maximum Gasteiger partial charge on any atom is 0.408 e. The number of carbonyl (C=O) groups excluding carboxylic acids is 3. The van der Waals surface area contributed by atoms with Crippen LogP contribution in [0.5, 0.6) is 0 Å². The Morgan fingerprint density at radius 3 is 2.61 bits per heavy atom. The van der Waals surface area contributed by atoms with Gasteiger partial charge in [-0.1, -0.05) is 35.8 Å². The summed E-state index contributed by atoms with van der Waals surface area (Å²) in [5, 5.41) is 12.2. The lowest BCUT2D eigenvalue weighted by Crippen LogP contribution is -2.52. The SMILES string of the molecule is CC(C)(C)OC(=O)NC(CCCN=C(N)N[N+](=O)[O-])C(=O)N1CCCC1C(=O)OCc1ccccc1. The molecule has 1 heterocycles. The van der Waals surface area contributed by atoms with Gasteiger partial charge in [0.2, 0.25) is 5.91 Å². The number of nitrogens with one attached hydrogen (secondary N) is 2. The molecule has 1 saturated heterocycles. The minimum absolute atomic E-state index is 0.0784. The molecule has 2 rings (SSSR count). The highest BCUT2D eigenvalue weighted by Gasteiger charge is 2.38. The van der Waals surface area contributed by atoms with Crippen LogP contribution in [0.1, 0.15) is 52.0 Å². The van der Waals surface area contributed by atoms with Crippen LogP contribution in [0.2, 0.25) is 0 Å². The molecule has 2 atom stereocenters. The van der Waals surface area contributed by atoms with Gasteiger partial charge in [0, 0.05) is 13.1 Å². The second-order valence-electron chi connectivity index (χ2n) is 9.26. The third-order valence-corrected chi connectivity index (χ3v) is 5.16. The summed E-state index contributed by atoms with van der Waals surface area (Å²) >= 11 is 0. The van der Waals surface area contributed by atoms with Gasteiger partial charge in [-0.15, -0.1) is 0 Å². The maximum atomic E-state index is 13.4. The predicted octanol–water partition coefficient (Wildman–Crippen LogP) is 1.49. The van der Waals surface area contributed by atoms with Crippen LogP contribution in [0.3, 0.4) is 0 Å². The maximum absolute atomic E-state index is 13.4. The summed E-state index contributed by atoms with van der Waals surface area (Å²) < 4.78 is 10.7. The number of nitrogens with zero attached hydrogens (tertiary/aromatic N) is 3. The molecule has 0 aliphatic carbocycles. The highest BCUT2D eigenvalue weighted by atomic mass is 16.7. The molecule has 2 unspecified atom stereocenters. The van der Waals surface area contributed by atoms with Crippen LogP contribution in [0.15, 0.2) is 35.3 Å². The first-order valence-electron chi connectivity index (χ1n) is 11.7. The van der Waals surface area contributed by atoms with E-state index in [2.05, 4.69) is 10.3 Å². The molecule has 1 aliphatic heterocycles. The van der Waals surface area contributed by atoms with Crippen molar-refractivity contribution < 1.29 is 28.9 Å². The fourth-order valence-electron chi connectivity index (χ4n) is 3.63. The van der Waals surface area contributed by atoms with Crippen molar-refractivity contribution >= 4 is 23.9 Å². The number of hydrazine groups is 1. The quantitative estimate of drug-likeness (QED) is 0.106. The lowest BCUT2D eigenvalue weighted by molar-refractivity contribution is -0.525. The van der Waals surface area contributed by atoms with Crippen molar-refractivity contribution in [2.24, 2.45) is 10.7 Å². The van der Waals surface area contributed by atoms with Gasteiger partial charge in [0.05, 0.1) is 0 Å². The number of benzene rings is 1. The van der Waals surface area contributed by atoms with Crippen LogP contribution in [-0.4, -0.2) is 64.6 Å². The zero-order chi connectivity index (χ0) is 26.7. The average Bonchev–Trinajstić information content (AvgIpc) is 3.28. The van der Waals surface area contributed by atoms with Gasteiger partial charge in [-0.25, -0.2) is 24.7 Å². The summed E-state index contributed by atoms with van der Waals surface area (Å²) in [5.74, 6) is -1.33. The topological polar surface area (TPSA) is 178 Å². The third-order valence-electron chi connectivity index (χ3n) is 5.16. The van der Waals surface area contributed by atoms with Gasteiger partial charge in [-0.05, 0) is 52.0 Å². The number of amides is 2. The van der Waals surface area contributed by atoms with Crippen molar-refractivity contribution in [3.63, 3.8) is 0 Å². The molecule has 0 spiro atoms. The van der Waals surface area contributed by atoms with Gasteiger partial charge in [-0.3, -0.25) is 4.79 Å². The number of guanidine groups is 1. The number of carbonyl (C=O) groups is 3. The average molecular weight is 507 g/mol. The fraction of sp³-hybridized carbons (Fsp3) is 0.565. The molecular formula is C23H34N6O7. The lowest BCUT2D eigenvalue weighted by atomic mass is 10.1. The molecule has 13 nitrogen and oxygen atoms in total. The van der Waals surface area contributed by atoms with E-state index in [0.29, 0.717) is 19.4 Å². The van der Waals surface area contributed by atoms with E-state index in [9.17, 15) is 24.5 Å². The molecule has 1 aromatic carbocycles. The molecule has 4 N–H and O–H groups in total. The number of nitrogens with two attached hydrogens (primary N) is 1. The van der Waals surface area contributed by atoms with E-state index >= 15 is 0 Å². The Balaban J connectivity index is 2.05. The van der Waals surface area contributed by atoms with E-state index in [1.807, 2.05) is 30.3 Å². The standard InChI is InChI=1S/C23H34N6O7/c1-23(2,3)36-22(32)26-17(11-7-13-25-21(24)27-29(33)34)19(30)28-14-8-12-18(28)20(31)35-15-16-9-5-4-6-10-16/h4-6,9-10,17-18H,7-8,11-15H2,1-3H3,(H,26,32)(H3,24,25,27). The molecule has 1 aromatic rings. The van der Waals surface area contributed by atoms with E-state index < -0.39 is 40.7 Å². The van der Waals surface area contributed by atoms with Crippen LogP contribution in [0, 0.1) is 10.1 Å². The molecule has 0 bridgehead atoms. The van der Waals surface area contributed by atoms with Crippen LogP contribution in [-0.2, 0) is 25.7 Å². The molecule has 1 aliphatic rings. The summed E-state index contributed by atoms with van der Waals surface area (Å²) in [6.45, 7) is 5.60. The number of likely N-dealkylation sites (tertiary alicyclic amines) is 1. The van der Waals surface area contributed by atoms with Gasteiger partial charge in [0.15, 0.2) is 5.03 Å². The number of aliphatic imine (C=N–C) groups is 1. The Morgan fingerprint density at radius 2 is 1.97 bits per heavy atom. The number of hydrogen-bond donors (Lipinski definition) is 3. The first-order valence-corrected chi connectivity index (χ1v) is 11.7. The van der Waals surface area contributed by atoms with Crippen molar-refractivity contribution in [1.29, 1.82) is 0 Å². The van der Waals surface area contributed by atoms with Crippen molar-refractivity contribution in [1.82, 2.24) is 15.6 Å². The molecule has 13 heteroatoms. The highest BCUT2D eigenvalue weighted by Crippen LogP contribution is 2.21. The monoisotopic (exact) mass is 506 g/mol. The molecule has 0 radical (unpaired) electrons. The molecule has 36 heavy (non-hydrogen) atoms. The Kier molecular flexibility index (Phi) is 10.4. The number of nitro groups is 1. The Bertz CT molecular complexity index is 948. The number of ether oxygens (including phenoxy) is 2. The molecule has 0 aromatic heterocycles. The fourth-order valence-corrected chi connectivity index (χ4v) is 3.63. The molecule has 1 fully saturated rings. The summed E-state index contributed by atoms with van der Waals surface area (Å²) in [7, 11) is 0. The summed E-state index contributed by atoms with van der Waals surface area (Å²) in [5.41, 5.74) is 7.19. The van der Waals surface area contributed by atoms with Crippen LogP contribution in [0.4, 0.5) is 4.79 Å². The smallest absolute Gasteiger partial charge is 0.408 e. The first kappa shape index (κ1) is 28.3. The highest BCUT2D eigenvalue weighted by molar-refractivity contribution is 5.90. The van der Waals surface area contributed by atoms with Gasteiger partial charge in [0.1, 0.15) is 24.3 Å². The van der Waals surface area contributed by atoms with E-state index in [1.54, 1.807) is 26.2 Å². The second kappa shape index (κ2) is 13.3. The van der Waals surface area contributed by atoms with Gasteiger partial charge < -0.3 is 25.4 Å². The minimum Gasteiger partial charge on any atom is -0.459 e. The summed E-state index contributed by atoms with van der Waals surface area (Å²) in [4.78, 5) is 54.2. The van der Waals surface area contributed by atoms with E-state index in [-0.39, 0.29) is 32.0 Å². The Labute approximate surface area is 209 Å². The van der Waals surface area contributed by atoms with E-state index in [1.165, 1.54) is 4.90 Å². The summed E-state index contributed by atoms with van der Waals surface area (Å²) in [6.07, 6.45) is 0.718. The van der Waals surface area contributed by atoms with E-state index in [0.717, 1.165) is 5.56 Å². The van der Waals surface area contributed by atoms with E-state index in [4.69, 9.17) is 15.2 Å².